The molecule has 254 valence electrons. The molecule has 0 aliphatic rings. The van der Waals surface area contributed by atoms with Gasteiger partial charge in [0.15, 0.2) is 11.0 Å². The highest BCUT2D eigenvalue weighted by Crippen LogP contribution is 2.20. The quantitative estimate of drug-likeness (QED) is 0.0472. The van der Waals surface area contributed by atoms with Crippen LogP contribution < -0.4 is 9.13 Å². The molecule has 2 aromatic heterocycles. The van der Waals surface area contributed by atoms with Crippen molar-refractivity contribution in [2.24, 2.45) is 0 Å². The van der Waals surface area contributed by atoms with Gasteiger partial charge in [0.1, 0.15) is 24.8 Å². The van der Waals surface area contributed by atoms with Crippen LogP contribution in [0.4, 0.5) is 0 Å². The second-order valence-electron chi connectivity index (χ2n) is 13.4. The third-order valence-corrected chi connectivity index (χ3v) is 10.5. The van der Waals surface area contributed by atoms with E-state index in [2.05, 4.69) is 70.8 Å². The Labute approximate surface area is 282 Å². The SMILES string of the molecule is CCCCCCCCCCn1cc[n+](C(Cl)CCCCCCCCC(Cl)[n+]2ccn(CCCCCCCCCC)c2C)c1C. The van der Waals surface area contributed by atoms with Gasteiger partial charge < -0.3 is 0 Å². The average Bonchev–Trinajstić information content (AvgIpc) is 3.58. The standard InChI is InChI=1S/C38H70Cl2N4/c1-5-7-9-11-13-17-21-25-29-41-31-33-43(35(41)3)37(39)27-23-19-15-16-20-24-28-38(40)44-34-32-42(36(44)4)30-26-22-18-14-12-10-8-6-2/h31-34,37-38H,5-30H2,1-4H3/q+2. The van der Waals surface area contributed by atoms with Crippen LogP contribution in [0.5, 0.6) is 0 Å². The highest BCUT2D eigenvalue weighted by molar-refractivity contribution is 6.18. The van der Waals surface area contributed by atoms with Crippen LogP contribution in [-0.2, 0) is 13.1 Å². The Morgan fingerprint density at radius 2 is 0.773 bits per heavy atom. The molecule has 0 radical (unpaired) electrons. The predicted octanol–water partition coefficient (Wildman–Crippen LogP) is 12.1. The molecule has 2 atom stereocenters. The number of halogens is 2. The van der Waals surface area contributed by atoms with Crippen LogP contribution in [0.25, 0.3) is 0 Å². The lowest BCUT2D eigenvalue weighted by Gasteiger charge is -2.09. The first-order chi connectivity index (χ1) is 21.5. The summed E-state index contributed by atoms with van der Waals surface area (Å²) in [6.07, 6.45) is 40.3. The Morgan fingerprint density at radius 1 is 0.477 bits per heavy atom. The number of aromatic nitrogens is 4. The Balaban J connectivity index is 1.51. The van der Waals surface area contributed by atoms with Crippen molar-refractivity contribution in [3.05, 3.63) is 36.4 Å². The maximum Gasteiger partial charge on any atom is 0.254 e. The molecule has 0 saturated carbocycles. The van der Waals surface area contributed by atoms with Crippen molar-refractivity contribution in [3.63, 3.8) is 0 Å². The van der Waals surface area contributed by atoms with Gasteiger partial charge in [-0.2, -0.15) is 0 Å². The third-order valence-electron chi connectivity index (χ3n) is 9.64. The van der Waals surface area contributed by atoms with Gasteiger partial charge in [0.25, 0.3) is 11.6 Å². The van der Waals surface area contributed by atoms with Gasteiger partial charge >= 0.3 is 0 Å². The Hall–Kier alpha value is -1.00. The highest BCUT2D eigenvalue weighted by atomic mass is 35.5. The Kier molecular flexibility index (Phi) is 22.4. The minimum atomic E-state index is 0.0648. The van der Waals surface area contributed by atoms with E-state index in [0.717, 1.165) is 25.9 Å². The first kappa shape index (κ1) is 39.2. The molecule has 0 saturated heterocycles. The predicted molar refractivity (Wildman–Crippen MR) is 191 cm³/mol. The highest BCUT2D eigenvalue weighted by Gasteiger charge is 2.20. The number of unbranched alkanes of at least 4 members (excludes halogenated alkanes) is 19. The summed E-state index contributed by atoms with van der Waals surface area (Å²) in [5.41, 5.74) is 0.130. The molecule has 4 nitrogen and oxygen atoms in total. The van der Waals surface area contributed by atoms with E-state index >= 15 is 0 Å². The summed E-state index contributed by atoms with van der Waals surface area (Å²) in [6.45, 7) is 11.2. The van der Waals surface area contributed by atoms with Gasteiger partial charge in [-0.15, -0.1) is 0 Å². The smallest absolute Gasteiger partial charge is 0.234 e. The van der Waals surface area contributed by atoms with Crippen LogP contribution >= 0.6 is 23.2 Å². The number of rotatable bonds is 29. The van der Waals surface area contributed by atoms with Gasteiger partial charge in [0.05, 0.1) is 13.1 Å². The average molecular weight is 654 g/mol. The molecule has 2 unspecified atom stereocenters. The summed E-state index contributed by atoms with van der Waals surface area (Å²) in [6, 6.07) is 0. The molecular weight excluding hydrogens is 583 g/mol. The minimum absolute atomic E-state index is 0.0648. The van der Waals surface area contributed by atoms with Crippen molar-refractivity contribution >= 4 is 23.2 Å². The fourth-order valence-corrected chi connectivity index (χ4v) is 7.26. The first-order valence-electron chi connectivity index (χ1n) is 18.9. The molecule has 0 fully saturated rings. The lowest BCUT2D eigenvalue weighted by Crippen LogP contribution is -2.38. The van der Waals surface area contributed by atoms with Crippen molar-refractivity contribution < 1.29 is 9.13 Å². The lowest BCUT2D eigenvalue weighted by atomic mass is 10.1. The monoisotopic (exact) mass is 652 g/mol. The van der Waals surface area contributed by atoms with Crippen molar-refractivity contribution in [3.8, 4) is 0 Å². The van der Waals surface area contributed by atoms with Crippen LogP contribution in [0.2, 0.25) is 0 Å². The zero-order chi connectivity index (χ0) is 31.8. The second-order valence-corrected chi connectivity index (χ2v) is 14.4. The molecule has 2 aromatic rings. The number of hydrogen-bond acceptors (Lipinski definition) is 0. The number of imidazole rings is 2. The van der Waals surface area contributed by atoms with E-state index in [1.807, 2.05) is 0 Å². The number of alkyl halides is 2. The van der Waals surface area contributed by atoms with Gasteiger partial charge in [0, 0.05) is 26.7 Å². The van der Waals surface area contributed by atoms with Crippen LogP contribution in [-0.4, -0.2) is 9.13 Å². The zero-order valence-electron chi connectivity index (χ0n) is 29.4. The van der Waals surface area contributed by atoms with Crippen molar-refractivity contribution in [1.29, 1.82) is 0 Å². The number of hydrogen-bond donors (Lipinski definition) is 0. The molecule has 2 heterocycles. The van der Waals surface area contributed by atoms with Gasteiger partial charge in [-0.3, -0.25) is 0 Å². The maximum absolute atomic E-state index is 6.83. The summed E-state index contributed by atoms with van der Waals surface area (Å²) in [5, 5.41) is 0. The van der Waals surface area contributed by atoms with E-state index in [4.69, 9.17) is 23.2 Å². The topological polar surface area (TPSA) is 17.6 Å². The minimum Gasteiger partial charge on any atom is -0.234 e. The van der Waals surface area contributed by atoms with Crippen molar-refractivity contribution in [2.75, 3.05) is 0 Å². The normalized spacial score (nSPS) is 13.1. The summed E-state index contributed by atoms with van der Waals surface area (Å²) < 4.78 is 9.33. The van der Waals surface area contributed by atoms with E-state index in [-0.39, 0.29) is 11.0 Å². The summed E-state index contributed by atoms with van der Waals surface area (Å²) in [7, 11) is 0. The van der Waals surface area contributed by atoms with E-state index in [1.54, 1.807) is 0 Å². The van der Waals surface area contributed by atoms with E-state index in [1.165, 1.54) is 153 Å². The maximum atomic E-state index is 6.83. The second kappa shape index (κ2) is 25.1. The van der Waals surface area contributed by atoms with E-state index in [0.29, 0.717) is 0 Å². The molecule has 0 N–H and O–H groups in total. The van der Waals surface area contributed by atoms with E-state index < -0.39 is 0 Å². The van der Waals surface area contributed by atoms with Crippen LogP contribution in [0, 0.1) is 13.8 Å². The fraction of sp³-hybridized carbons (Fsp3) is 0.842. The Morgan fingerprint density at radius 3 is 1.11 bits per heavy atom. The molecule has 2 rings (SSSR count). The summed E-state index contributed by atoms with van der Waals surface area (Å²) in [5.74, 6) is 2.58. The van der Waals surface area contributed by atoms with Gasteiger partial charge in [-0.05, 0) is 38.5 Å². The Bertz CT molecular complexity index is 877. The largest absolute Gasteiger partial charge is 0.254 e. The third kappa shape index (κ3) is 16.0. The van der Waals surface area contributed by atoms with Crippen molar-refractivity contribution in [1.82, 2.24) is 9.13 Å². The van der Waals surface area contributed by atoms with Crippen LogP contribution in [0.3, 0.4) is 0 Å². The van der Waals surface area contributed by atoms with E-state index in [9.17, 15) is 0 Å². The van der Waals surface area contributed by atoms with Gasteiger partial charge in [-0.25, -0.2) is 18.3 Å². The lowest BCUT2D eigenvalue weighted by molar-refractivity contribution is -0.709. The van der Waals surface area contributed by atoms with Gasteiger partial charge in [0.2, 0.25) is 0 Å². The number of aryl methyl sites for hydroxylation is 2. The fourth-order valence-electron chi connectivity index (χ4n) is 6.54. The molecule has 0 aromatic carbocycles. The molecule has 6 heteroatoms. The molecule has 44 heavy (non-hydrogen) atoms. The van der Waals surface area contributed by atoms with Crippen molar-refractivity contribution in [2.45, 2.75) is 206 Å². The molecule has 0 amide bonds. The zero-order valence-corrected chi connectivity index (χ0v) is 30.9. The van der Waals surface area contributed by atoms with Crippen LogP contribution in [0.1, 0.15) is 191 Å². The molecule has 0 bridgehead atoms. The summed E-state index contributed by atoms with van der Waals surface area (Å²) >= 11 is 13.7. The first-order valence-corrected chi connectivity index (χ1v) is 19.8. The van der Waals surface area contributed by atoms with Crippen LogP contribution in [0.15, 0.2) is 24.8 Å². The number of nitrogens with zero attached hydrogens (tertiary/aromatic N) is 4. The molecule has 0 aliphatic heterocycles. The molecule has 0 spiro atoms. The summed E-state index contributed by atoms with van der Waals surface area (Å²) in [4.78, 5) is 0. The van der Waals surface area contributed by atoms with Gasteiger partial charge in [-0.1, -0.05) is 140 Å². The molecule has 0 aliphatic carbocycles. The molecular formula is C38H70Cl2N4+2.